The molecule has 1 aromatic heterocycles. The summed E-state index contributed by atoms with van der Waals surface area (Å²) in [6.07, 6.45) is 3.15. The van der Waals surface area contributed by atoms with E-state index in [4.69, 9.17) is 0 Å². The van der Waals surface area contributed by atoms with E-state index >= 15 is 0 Å². The van der Waals surface area contributed by atoms with Gasteiger partial charge in [-0.1, -0.05) is 44.2 Å². The number of amides is 3. The van der Waals surface area contributed by atoms with Gasteiger partial charge in [-0.05, 0) is 44.7 Å². The number of aromatic nitrogens is 2. The monoisotopic (exact) mass is 467 g/mol. The van der Waals surface area contributed by atoms with Crippen LogP contribution in [0, 0.1) is 5.92 Å². The molecule has 0 radical (unpaired) electrons. The van der Waals surface area contributed by atoms with E-state index in [0.29, 0.717) is 6.42 Å². The zero-order valence-corrected chi connectivity index (χ0v) is 20.3. The number of ketones is 1. The van der Waals surface area contributed by atoms with Gasteiger partial charge in [-0.25, -0.2) is 9.97 Å². The van der Waals surface area contributed by atoms with Crippen LogP contribution in [0.3, 0.4) is 0 Å². The predicted octanol–water partition coefficient (Wildman–Crippen LogP) is 1.83. The summed E-state index contributed by atoms with van der Waals surface area (Å²) in [6.45, 7) is 9.14. The fourth-order valence-corrected chi connectivity index (χ4v) is 3.25. The van der Waals surface area contributed by atoms with Gasteiger partial charge in [0.15, 0.2) is 0 Å². The average Bonchev–Trinajstić information content (AvgIpc) is 2.77. The average molecular weight is 468 g/mol. The molecule has 2 aromatic rings. The number of hydrogen-bond donors (Lipinski definition) is 3. The van der Waals surface area contributed by atoms with E-state index < -0.39 is 41.1 Å². The zero-order valence-electron chi connectivity index (χ0n) is 20.3. The molecule has 9 nitrogen and oxygen atoms in total. The van der Waals surface area contributed by atoms with E-state index in [-0.39, 0.29) is 18.0 Å². The van der Waals surface area contributed by atoms with Crippen LogP contribution in [0.25, 0.3) is 0 Å². The van der Waals surface area contributed by atoms with Crippen molar-refractivity contribution in [3.05, 3.63) is 60.2 Å². The Bertz CT molecular complexity index is 987. The molecule has 0 spiro atoms. The molecule has 0 aliphatic carbocycles. The maximum absolute atomic E-state index is 13.2. The quantitative estimate of drug-likeness (QED) is 0.457. The highest BCUT2D eigenvalue weighted by Crippen LogP contribution is 2.10. The number of benzene rings is 1. The van der Waals surface area contributed by atoms with Crippen molar-refractivity contribution in [1.29, 1.82) is 0 Å². The van der Waals surface area contributed by atoms with Crippen molar-refractivity contribution in [2.45, 2.75) is 65.1 Å². The van der Waals surface area contributed by atoms with Gasteiger partial charge in [0.25, 0.3) is 11.8 Å². The Kier molecular flexibility index (Phi) is 9.41. The standard InChI is InChI=1S/C25H33N5O4/c1-16(2)13-20(29-22(32)18-11-12-26-15-27-18)23(33)28-19(14-17-9-7-6-8-10-17)21(31)24(34)30-25(3,4)5/h6-12,15-16,19-20H,13-14H2,1-5H3,(H,28,33)(H,29,32)(H,30,34). The molecule has 2 unspecified atom stereocenters. The Balaban J connectivity index is 2.24. The first-order valence-corrected chi connectivity index (χ1v) is 11.2. The lowest BCUT2D eigenvalue weighted by Gasteiger charge is -2.25. The summed E-state index contributed by atoms with van der Waals surface area (Å²) >= 11 is 0. The molecular weight excluding hydrogens is 434 g/mol. The van der Waals surface area contributed by atoms with Gasteiger partial charge in [0.1, 0.15) is 24.1 Å². The Morgan fingerprint density at radius 3 is 2.18 bits per heavy atom. The third-order valence-corrected chi connectivity index (χ3v) is 4.77. The van der Waals surface area contributed by atoms with Crippen molar-refractivity contribution in [2.24, 2.45) is 5.92 Å². The van der Waals surface area contributed by atoms with E-state index in [1.54, 1.807) is 20.8 Å². The van der Waals surface area contributed by atoms with Crippen LogP contribution in [0.5, 0.6) is 0 Å². The third-order valence-electron chi connectivity index (χ3n) is 4.77. The number of rotatable bonds is 10. The first-order chi connectivity index (χ1) is 16.0. The Labute approximate surface area is 200 Å². The molecule has 3 amide bonds. The smallest absolute Gasteiger partial charge is 0.290 e. The minimum absolute atomic E-state index is 0.0777. The van der Waals surface area contributed by atoms with Crippen molar-refractivity contribution in [3.8, 4) is 0 Å². The van der Waals surface area contributed by atoms with E-state index in [1.165, 1.54) is 18.6 Å². The van der Waals surface area contributed by atoms with Crippen LogP contribution in [-0.4, -0.2) is 51.1 Å². The maximum Gasteiger partial charge on any atom is 0.290 e. The molecule has 2 atom stereocenters. The van der Waals surface area contributed by atoms with E-state index in [0.717, 1.165) is 5.56 Å². The van der Waals surface area contributed by atoms with Gasteiger partial charge in [-0.15, -0.1) is 0 Å². The molecule has 0 fully saturated rings. The van der Waals surface area contributed by atoms with Gasteiger partial charge in [0.2, 0.25) is 11.7 Å². The summed E-state index contributed by atoms with van der Waals surface area (Å²) in [5.41, 5.74) is 0.299. The Morgan fingerprint density at radius 2 is 1.62 bits per heavy atom. The topological polar surface area (TPSA) is 130 Å². The second kappa shape index (κ2) is 12.0. The minimum Gasteiger partial charge on any atom is -0.345 e. The van der Waals surface area contributed by atoms with Crippen molar-refractivity contribution in [1.82, 2.24) is 25.9 Å². The highest BCUT2D eigenvalue weighted by atomic mass is 16.2. The molecule has 1 aromatic carbocycles. The largest absolute Gasteiger partial charge is 0.345 e. The summed E-state index contributed by atoms with van der Waals surface area (Å²) in [5, 5.41) is 8.03. The normalized spacial score (nSPS) is 13.0. The summed E-state index contributed by atoms with van der Waals surface area (Å²) in [5.74, 6) is -2.53. The van der Waals surface area contributed by atoms with E-state index in [9.17, 15) is 19.2 Å². The van der Waals surface area contributed by atoms with Crippen molar-refractivity contribution in [2.75, 3.05) is 0 Å². The second-order valence-electron chi connectivity index (χ2n) is 9.57. The van der Waals surface area contributed by atoms with Crippen LogP contribution >= 0.6 is 0 Å². The maximum atomic E-state index is 13.2. The Hall–Kier alpha value is -3.62. The second-order valence-corrected chi connectivity index (χ2v) is 9.57. The summed E-state index contributed by atoms with van der Waals surface area (Å²) in [7, 11) is 0. The number of Topliss-reactive ketones (excluding diaryl/α,β-unsaturated/α-hetero) is 1. The fraction of sp³-hybridized carbons (Fsp3) is 0.440. The number of nitrogens with one attached hydrogen (secondary N) is 3. The van der Waals surface area contributed by atoms with Crippen molar-refractivity contribution in [3.63, 3.8) is 0 Å². The fourth-order valence-electron chi connectivity index (χ4n) is 3.25. The predicted molar refractivity (Wildman–Crippen MR) is 128 cm³/mol. The summed E-state index contributed by atoms with van der Waals surface area (Å²) < 4.78 is 0. The van der Waals surface area contributed by atoms with Gasteiger partial charge >= 0.3 is 0 Å². The summed E-state index contributed by atoms with van der Waals surface area (Å²) in [4.78, 5) is 59.1. The lowest BCUT2D eigenvalue weighted by atomic mass is 9.98. The third kappa shape index (κ3) is 8.73. The van der Waals surface area contributed by atoms with Crippen molar-refractivity contribution < 1.29 is 19.2 Å². The highest BCUT2D eigenvalue weighted by molar-refractivity contribution is 6.38. The van der Waals surface area contributed by atoms with Crippen LogP contribution < -0.4 is 16.0 Å². The van der Waals surface area contributed by atoms with Gasteiger partial charge in [-0.2, -0.15) is 0 Å². The molecule has 0 saturated heterocycles. The number of carbonyl (C=O) groups is 4. The number of hydrogen-bond acceptors (Lipinski definition) is 6. The molecule has 34 heavy (non-hydrogen) atoms. The van der Waals surface area contributed by atoms with Crippen LogP contribution in [0.15, 0.2) is 48.9 Å². The van der Waals surface area contributed by atoms with Crippen LogP contribution in [-0.2, 0) is 20.8 Å². The van der Waals surface area contributed by atoms with Gasteiger partial charge in [-0.3, -0.25) is 19.2 Å². The first kappa shape index (κ1) is 26.6. The molecule has 0 saturated carbocycles. The molecule has 0 aliphatic rings. The summed E-state index contributed by atoms with van der Waals surface area (Å²) in [6, 6.07) is 8.54. The molecule has 2 rings (SSSR count). The van der Waals surface area contributed by atoms with Crippen LogP contribution in [0.2, 0.25) is 0 Å². The molecule has 0 bridgehead atoms. The van der Waals surface area contributed by atoms with Gasteiger partial charge < -0.3 is 16.0 Å². The minimum atomic E-state index is -1.09. The first-order valence-electron chi connectivity index (χ1n) is 11.2. The molecule has 182 valence electrons. The molecule has 9 heteroatoms. The van der Waals surface area contributed by atoms with Crippen LogP contribution in [0.1, 0.15) is 57.1 Å². The number of nitrogens with zero attached hydrogens (tertiary/aromatic N) is 2. The van der Waals surface area contributed by atoms with Crippen LogP contribution in [0.4, 0.5) is 0 Å². The molecule has 1 heterocycles. The highest BCUT2D eigenvalue weighted by Gasteiger charge is 2.32. The lowest BCUT2D eigenvalue weighted by molar-refractivity contribution is -0.141. The molecule has 3 N–H and O–H groups in total. The van der Waals surface area contributed by atoms with Gasteiger partial charge in [0.05, 0.1) is 0 Å². The zero-order chi connectivity index (χ0) is 25.3. The van der Waals surface area contributed by atoms with E-state index in [1.807, 2.05) is 44.2 Å². The van der Waals surface area contributed by atoms with E-state index in [2.05, 4.69) is 25.9 Å². The lowest BCUT2D eigenvalue weighted by Crippen LogP contribution is -2.56. The molecular formula is C25H33N5O4. The number of carbonyl (C=O) groups excluding carboxylic acids is 4. The SMILES string of the molecule is CC(C)CC(NC(=O)c1ccncn1)C(=O)NC(Cc1ccccc1)C(=O)C(=O)NC(C)(C)C. The van der Waals surface area contributed by atoms with Crippen molar-refractivity contribution >= 4 is 23.5 Å². The van der Waals surface area contributed by atoms with Gasteiger partial charge in [0, 0.05) is 18.2 Å². The molecule has 0 aliphatic heterocycles. The Morgan fingerprint density at radius 1 is 0.941 bits per heavy atom.